The van der Waals surface area contributed by atoms with Crippen molar-refractivity contribution in [3.8, 4) is 0 Å². The third-order valence-corrected chi connectivity index (χ3v) is 18.3. The second-order valence-electron chi connectivity index (χ2n) is 26.4. The highest BCUT2D eigenvalue weighted by Crippen LogP contribution is 2.33. The molecule has 0 aliphatic carbocycles. The van der Waals surface area contributed by atoms with Crippen molar-refractivity contribution in [2.45, 2.75) is 375 Å². The van der Waals surface area contributed by atoms with Crippen LogP contribution in [0.3, 0.4) is 0 Å². The number of nitrogens with one attached hydrogen (secondary N) is 1. The highest BCUT2D eigenvalue weighted by molar-refractivity contribution is 5.76. The van der Waals surface area contributed by atoms with Gasteiger partial charge >= 0.3 is 0 Å². The smallest absolute Gasteiger partial charge is 0.220 e. The molecule has 542 valence electrons. The number of aliphatic hydroxyl groups excluding tert-OH is 11. The highest BCUT2D eigenvalue weighted by Gasteiger charge is 2.53. The number of hydrogen-bond donors (Lipinski definition) is 12. The van der Waals surface area contributed by atoms with Gasteiger partial charge in [-0.3, -0.25) is 4.79 Å². The minimum Gasteiger partial charge on any atom is -0.394 e. The van der Waals surface area contributed by atoms with Crippen molar-refractivity contribution in [2.24, 2.45) is 0 Å². The molecule has 19 nitrogen and oxygen atoms in total. The molecule has 3 aliphatic heterocycles. The van der Waals surface area contributed by atoms with E-state index in [0.29, 0.717) is 6.42 Å². The van der Waals surface area contributed by atoms with Crippen LogP contribution in [0, 0.1) is 0 Å². The second kappa shape index (κ2) is 55.4. The Morgan fingerprint density at radius 1 is 0.398 bits per heavy atom. The first-order valence-corrected chi connectivity index (χ1v) is 37.0. The third kappa shape index (κ3) is 36.8. The third-order valence-electron chi connectivity index (χ3n) is 18.3. The maximum atomic E-state index is 13.4. The van der Waals surface area contributed by atoms with Crippen LogP contribution in [0.25, 0.3) is 0 Å². The summed E-state index contributed by atoms with van der Waals surface area (Å²) >= 11 is 0. The van der Waals surface area contributed by atoms with Gasteiger partial charge in [-0.2, -0.15) is 0 Å². The molecule has 0 spiro atoms. The zero-order valence-corrected chi connectivity index (χ0v) is 57.5. The zero-order valence-electron chi connectivity index (χ0n) is 57.5. The number of hydrogen-bond acceptors (Lipinski definition) is 18. The average Bonchev–Trinajstić information content (AvgIpc) is 0.985. The number of amides is 1. The van der Waals surface area contributed by atoms with E-state index in [1.807, 2.05) is 6.08 Å². The lowest BCUT2D eigenvalue weighted by Crippen LogP contribution is -2.66. The zero-order chi connectivity index (χ0) is 67.5. The van der Waals surface area contributed by atoms with Crippen molar-refractivity contribution < 1.29 is 89.4 Å². The van der Waals surface area contributed by atoms with Crippen LogP contribution in [0.4, 0.5) is 0 Å². The lowest BCUT2D eigenvalue weighted by molar-refractivity contribution is -0.379. The van der Waals surface area contributed by atoms with E-state index in [1.54, 1.807) is 6.08 Å². The van der Waals surface area contributed by atoms with Gasteiger partial charge < -0.3 is 89.9 Å². The van der Waals surface area contributed by atoms with E-state index in [0.717, 1.165) is 89.9 Å². The maximum absolute atomic E-state index is 13.4. The van der Waals surface area contributed by atoms with Crippen molar-refractivity contribution in [3.05, 3.63) is 60.8 Å². The summed E-state index contributed by atoms with van der Waals surface area (Å²) in [6.45, 7) is 1.63. The molecule has 12 N–H and O–H groups in total. The first-order chi connectivity index (χ1) is 45.3. The molecule has 0 radical (unpaired) electrons. The summed E-state index contributed by atoms with van der Waals surface area (Å²) in [5.41, 5.74) is 0. The number of rotatable bonds is 57. The van der Waals surface area contributed by atoms with Gasteiger partial charge in [0, 0.05) is 6.42 Å². The second-order valence-corrected chi connectivity index (χ2v) is 26.4. The first kappa shape index (κ1) is 84.7. The number of ether oxygens (including phenoxy) is 6. The molecule has 3 rings (SSSR count). The van der Waals surface area contributed by atoms with Gasteiger partial charge in [0.25, 0.3) is 0 Å². The molecule has 1 amide bonds. The van der Waals surface area contributed by atoms with Crippen LogP contribution in [-0.2, 0) is 33.2 Å². The van der Waals surface area contributed by atoms with Crippen LogP contribution in [-0.4, -0.2) is 193 Å². The van der Waals surface area contributed by atoms with Gasteiger partial charge in [-0.05, 0) is 57.8 Å². The van der Waals surface area contributed by atoms with E-state index < -0.39 is 124 Å². The number of aliphatic hydroxyl groups is 11. The summed E-state index contributed by atoms with van der Waals surface area (Å²) in [6.07, 6.45) is 42.0. The molecule has 0 bridgehead atoms. The van der Waals surface area contributed by atoms with Crippen LogP contribution >= 0.6 is 0 Å². The van der Waals surface area contributed by atoms with Gasteiger partial charge in [-0.15, -0.1) is 0 Å². The molecular weight excluding hydrogens is 1190 g/mol. The quantitative estimate of drug-likeness (QED) is 0.0199. The fourth-order valence-corrected chi connectivity index (χ4v) is 12.4. The molecule has 3 aliphatic rings. The number of allylic oxidation sites excluding steroid dienone is 9. The Morgan fingerprint density at radius 2 is 0.742 bits per heavy atom. The van der Waals surface area contributed by atoms with E-state index in [9.17, 15) is 61.0 Å². The van der Waals surface area contributed by atoms with Gasteiger partial charge in [-0.1, -0.05) is 267 Å². The Labute approximate surface area is 560 Å². The molecule has 93 heavy (non-hydrogen) atoms. The molecule has 3 heterocycles. The summed E-state index contributed by atoms with van der Waals surface area (Å²) in [5, 5.41) is 121. The molecule has 0 aromatic heterocycles. The Kier molecular flexibility index (Phi) is 50.4. The van der Waals surface area contributed by atoms with Gasteiger partial charge in [0.1, 0.15) is 73.2 Å². The van der Waals surface area contributed by atoms with E-state index in [2.05, 4.69) is 67.8 Å². The summed E-state index contributed by atoms with van der Waals surface area (Å²) in [7, 11) is 0. The normalized spacial score (nSPS) is 27.9. The predicted molar refractivity (Wildman–Crippen MR) is 365 cm³/mol. The van der Waals surface area contributed by atoms with Crippen molar-refractivity contribution in [2.75, 3.05) is 26.4 Å². The summed E-state index contributed by atoms with van der Waals surface area (Å²) in [4.78, 5) is 13.4. The monoisotopic (exact) mass is 1320 g/mol. The van der Waals surface area contributed by atoms with E-state index in [1.165, 1.54) is 154 Å². The maximum Gasteiger partial charge on any atom is 0.220 e. The lowest BCUT2D eigenvalue weighted by atomic mass is 9.96. The molecule has 3 saturated heterocycles. The molecule has 19 heteroatoms. The molecule has 0 saturated carbocycles. The average molecular weight is 1320 g/mol. The standard InChI is InChI=1S/C74H133NO18/c1-3-5-7-9-11-13-15-17-19-21-23-24-25-26-27-28-29-30-31-32-34-35-37-39-41-43-45-47-49-51-58(79)57(75-62(80)52-50-48-46-44-42-40-38-36-33-22-20-18-16-14-12-10-8-6-4-2)56-88-72-68(86)65(83)70(60(54-77)90-72)93-74-69(87)66(84)71(61(55-78)91-74)92-73-67(85)64(82)63(81)59(53-76)89-73/h6,8,12,14,18,20,33,36,49,51,57-61,63-74,76-79,81-87H,3-5,7,9-11,13,15-17,19,21-32,34-35,37-48,50,52-56H2,1-2H3,(H,75,80)/b8-6-,14-12-,20-18-,36-33-,51-49+. The van der Waals surface area contributed by atoms with Crippen LogP contribution in [0.1, 0.15) is 271 Å². The SMILES string of the molecule is CC/C=C\C/C=C\C/C=C\C/C=C\CCCCCCCCC(=O)NC(COC1OC(CO)C(OC2OC(CO)C(OC3OC(CO)C(O)C(O)C3O)C(O)C2O)C(O)C1O)C(O)/C=C/CCCCCCCCCCCCCCCCCCCCCCCCCCCCC. The number of unbranched alkanes of at least 4 members (excludes halogenated alkanes) is 33. The van der Waals surface area contributed by atoms with Gasteiger partial charge in [0.15, 0.2) is 18.9 Å². The van der Waals surface area contributed by atoms with Crippen LogP contribution in [0.15, 0.2) is 60.8 Å². The Hall–Kier alpha value is -2.51. The molecule has 17 unspecified atom stereocenters. The Bertz CT molecular complexity index is 1920. The number of carbonyl (C=O) groups excluding carboxylic acids is 1. The van der Waals surface area contributed by atoms with E-state index in [-0.39, 0.29) is 18.9 Å². The molecule has 0 aromatic carbocycles. The summed E-state index contributed by atoms with van der Waals surface area (Å²) < 4.78 is 34.4. The topological polar surface area (TPSA) is 307 Å². The Balaban J connectivity index is 1.41. The predicted octanol–water partition coefficient (Wildman–Crippen LogP) is 10.7. The summed E-state index contributed by atoms with van der Waals surface area (Å²) in [5.74, 6) is -0.289. The van der Waals surface area contributed by atoms with E-state index in [4.69, 9.17) is 28.4 Å². The molecular formula is C74H133NO18. The minimum absolute atomic E-state index is 0.225. The summed E-state index contributed by atoms with van der Waals surface area (Å²) in [6, 6.07) is -0.985. The van der Waals surface area contributed by atoms with Crippen molar-refractivity contribution in [3.63, 3.8) is 0 Å². The van der Waals surface area contributed by atoms with Crippen molar-refractivity contribution in [1.29, 1.82) is 0 Å². The van der Waals surface area contributed by atoms with Gasteiger partial charge in [-0.25, -0.2) is 0 Å². The van der Waals surface area contributed by atoms with Gasteiger partial charge in [0.2, 0.25) is 5.91 Å². The van der Waals surface area contributed by atoms with Gasteiger partial charge in [0.05, 0.1) is 38.6 Å². The molecule has 0 aromatic rings. The minimum atomic E-state index is -1.98. The van der Waals surface area contributed by atoms with Crippen molar-refractivity contribution >= 4 is 5.91 Å². The van der Waals surface area contributed by atoms with Crippen molar-refractivity contribution in [1.82, 2.24) is 5.32 Å². The van der Waals surface area contributed by atoms with E-state index >= 15 is 0 Å². The fraction of sp³-hybridized carbons (Fsp3) is 0.851. The molecule has 3 fully saturated rings. The number of carbonyl (C=O) groups is 1. The van der Waals surface area contributed by atoms with Crippen LogP contribution in [0.5, 0.6) is 0 Å². The van der Waals surface area contributed by atoms with Crippen LogP contribution < -0.4 is 5.32 Å². The Morgan fingerprint density at radius 3 is 1.16 bits per heavy atom. The highest BCUT2D eigenvalue weighted by atomic mass is 16.8. The fourth-order valence-electron chi connectivity index (χ4n) is 12.4. The molecule has 17 atom stereocenters. The van der Waals surface area contributed by atoms with Crippen LogP contribution in [0.2, 0.25) is 0 Å². The first-order valence-electron chi connectivity index (χ1n) is 37.0. The lowest BCUT2D eigenvalue weighted by Gasteiger charge is -2.48. The largest absolute Gasteiger partial charge is 0.394 e.